The second kappa shape index (κ2) is 6.27. The van der Waals surface area contributed by atoms with Gasteiger partial charge in [0.1, 0.15) is 6.04 Å². The van der Waals surface area contributed by atoms with E-state index in [0.717, 1.165) is 12.0 Å². The molecule has 0 aromatic rings. The van der Waals surface area contributed by atoms with E-state index in [1.807, 2.05) is 13.8 Å². The van der Waals surface area contributed by atoms with Crippen LogP contribution in [0.25, 0.3) is 0 Å². The Kier molecular flexibility index (Phi) is 5.26. The standard InChI is InChI=1S/C13H21NO3S/c1-8(2)5-11(15)14-10(13(16)17)7-18-12(14)6-9(3)4/h5,9-10,12H,6-7H2,1-4H3,(H,16,17)/t10-,12-/m1/s1. The monoisotopic (exact) mass is 271 g/mol. The summed E-state index contributed by atoms with van der Waals surface area (Å²) < 4.78 is 0. The molecule has 1 aliphatic heterocycles. The van der Waals surface area contributed by atoms with Gasteiger partial charge in [0, 0.05) is 11.8 Å². The molecule has 1 rings (SSSR count). The molecule has 5 heteroatoms. The molecule has 0 aromatic heterocycles. The maximum atomic E-state index is 12.1. The molecule has 0 spiro atoms. The zero-order valence-electron chi connectivity index (χ0n) is 11.3. The van der Waals surface area contributed by atoms with Crippen molar-refractivity contribution in [1.29, 1.82) is 0 Å². The predicted octanol–water partition coefficient (Wildman–Crippen LogP) is 2.35. The smallest absolute Gasteiger partial charge is 0.327 e. The van der Waals surface area contributed by atoms with Crippen LogP contribution in [0.2, 0.25) is 0 Å². The lowest BCUT2D eigenvalue weighted by Crippen LogP contribution is -2.45. The number of aliphatic carboxylic acids is 1. The van der Waals surface area contributed by atoms with Crippen LogP contribution in [0.3, 0.4) is 0 Å². The average molecular weight is 271 g/mol. The van der Waals surface area contributed by atoms with E-state index in [9.17, 15) is 14.7 Å². The van der Waals surface area contributed by atoms with Crippen molar-refractivity contribution >= 4 is 23.6 Å². The maximum absolute atomic E-state index is 12.1. The van der Waals surface area contributed by atoms with E-state index in [2.05, 4.69) is 13.8 Å². The highest BCUT2D eigenvalue weighted by molar-refractivity contribution is 8.00. The number of allylic oxidation sites excluding steroid dienone is 1. The molecule has 4 nitrogen and oxygen atoms in total. The summed E-state index contributed by atoms with van der Waals surface area (Å²) in [6.07, 6.45) is 2.35. The minimum atomic E-state index is -0.913. The third-order valence-electron chi connectivity index (χ3n) is 2.72. The summed E-state index contributed by atoms with van der Waals surface area (Å²) in [5, 5.41) is 9.17. The van der Waals surface area contributed by atoms with Gasteiger partial charge < -0.3 is 10.0 Å². The molecule has 0 unspecified atom stereocenters. The number of rotatable bonds is 4. The Morgan fingerprint density at radius 1 is 1.44 bits per heavy atom. The van der Waals surface area contributed by atoms with Crippen molar-refractivity contribution in [3.05, 3.63) is 11.6 Å². The molecular weight excluding hydrogens is 250 g/mol. The van der Waals surface area contributed by atoms with E-state index >= 15 is 0 Å². The SMILES string of the molecule is CC(C)=CC(=O)N1[C@@H](C(=O)O)CS[C@@H]1CC(C)C. The van der Waals surface area contributed by atoms with Crippen molar-refractivity contribution in [1.82, 2.24) is 4.90 Å². The normalized spacial score (nSPS) is 23.3. The molecule has 18 heavy (non-hydrogen) atoms. The molecule has 1 fully saturated rings. The van der Waals surface area contributed by atoms with Crippen molar-refractivity contribution in [3.8, 4) is 0 Å². The lowest BCUT2D eigenvalue weighted by Gasteiger charge is -2.27. The van der Waals surface area contributed by atoms with E-state index in [4.69, 9.17) is 0 Å². The number of carboxylic acid groups (broad SMARTS) is 1. The quantitative estimate of drug-likeness (QED) is 0.797. The summed E-state index contributed by atoms with van der Waals surface area (Å²) in [7, 11) is 0. The highest BCUT2D eigenvalue weighted by Gasteiger charge is 2.40. The fraction of sp³-hybridized carbons (Fsp3) is 0.692. The topological polar surface area (TPSA) is 57.6 Å². The number of hydrogen-bond donors (Lipinski definition) is 1. The van der Waals surface area contributed by atoms with Gasteiger partial charge in [-0.3, -0.25) is 4.79 Å². The van der Waals surface area contributed by atoms with Crippen molar-refractivity contribution in [2.45, 2.75) is 45.5 Å². The van der Waals surface area contributed by atoms with Crippen molar-refractivity contribution < 1.29 is 14.7 Å². The van der Waals surface area contributed by atoms with E-state index in [-0.39, 0.29) is 11.3 Å². The van der Waals surface area contributed by atoms with Crippen molar-refractivity contribution in [2.24, 2.45) is 5.92 Å². The van der Waals surface area contributed by atoms with Crippen LogP contribution in [-0.2, 0) is 9.59 Å². The highest BCUT2D eigenvalue weighted by atomic mass is 32.2. The first-order valence-electron chi connectivity index (χ1n) is 6.14. The first kappa shape index (κ1) is 15.1. The average Bonchev–Trinajstić information content (AvgIpc) is 2.59. The van der Waals surface area contributed by atoms with Gasteiger partial charge in [-0.05, 0) is 26.2 Å². The third-order valence-corrected chi connectivity index (χ3v) is 4.03. The van der Waals surface area contributed by atoms with Gasteiger partial charge in [-0.2, -0.15) is 0 Å². The molecule has 0 radical (unpaired) electrons. The molecule has 1 heterocycles. The van der Waals surface area contributed by atoms with Gasteiger partial charge >= 0.3 is 5.97 Å². The largest absolute Gasteiger partial charge is 0.480 e. The van der Waals surface area contributed by atoms with Gasteiger partial charge in [0.15, 0.2) is 0 Å². The fourth-order valence-corrected chi connectivity index (χ4v) is 3.60. The van der Waals surface area contributed by atoms with Gasteiger partial charge in [-0.1, -0.05) is 19.4 Å². The first-order valence-corrected chi connectivity index (χ1v) is 7.19. The second-order valence-corrected chi connectivity index (χ2v) is 6.45. The lowest BCUT2D eigenvalue weighted by atomic mass is 10.1. The predicted molar refractivity (Wildman–Crippen MR) is 73.4 cm³/mol. The van der Waals surface area contributed by atoms with Crippen molar-refractivity contribution in [2.75, 3.05) is 5.75 Å². The van der Waals surface area contributed by atoms with Crippen LogP contribution in [0.4, 0.5) is 0 Å². The Labute approximate surface area is 112 Å². The summed E-state index contributed by atoms with van der Waals surface area (Å²) in [5.74, 6) is -0.172. The Morgan fingerprint density at radius 2 is 2.06 bits per heavy atom. The summed E-state index contributed by atoms with van der Waals surface area (Å²) in [6.45, 7) is 7.85. The van der Waals surface area contributed by atoms with E-state index in [0.29, 0.717) is 11.7 Å². The van der Waals surface area contributed by atoms with Crippen LogP contribution >= 0.6 is 11.8 Å². The number of carboxylic acids is 1. The number of carbonyl (C=O) groups excluding carboxylic acids is 1. The molecule has 1 aliphatic rings. The third kappa shape index (κ3) is 3.77. The number of amides is 1. The van der Waals surface area contributed by atoms with Crippen LogP contribution in [0.5, 0.6) is 0 Å². The molecule has 1 amide bonds. The van der Waals surface area contributed by atoms with Gasteiger partial charge in [0.05, 0.1) is 5.37 Å². The number of hydrogen-bond acceptors (Lipinski definition) is 3. The summed E-state index contributed by atoms with van der Waals surface area (Å²) in [4.78, 5) is 24.9. The van der Waals surface area contributed by atoms with Gasteiger partial charge in [-0.25, -0.2) is 4.79 Å². The number of carbonyl (C=O) groups is 2. The van der Waals surface area contributed by atoms with Crippen LogP contribution in [0, 0.1) is 5.92 Å². The first-order chi connectivity index (χ1) is 8.32. The zero-order valence-corrected chi connectivity index (χ0v) is 12.2. The minimum Gasteiger partial charge on any atom is -0.480 e. The number of nitrogens with zero attached hydrogens (tertiary/aromatic N) is 1. The van der Waals surface area contributed by atoms with Crippen LogP contribution in [0.1, 0.15) is 34.1 Å². The molecule has 1 N–H and O–H groups in total. The van der Waals surface area contributed by atoms with E-state index in [1.54, 1.807) is 11.8 Å². The molecule has 1 saturated heterocycles. The van der Waals surface area contributed by atoms with Gasteiger partial charge in [-0.15, -0.1) is 11.8 Å². The molecular formula is C13H21NO3S. The molecule has 0 saturated carbocycles. The maximum Gasteiger partial charge on any atom is 0.327 e. The van der Waals surface area contributed by atoms with E-state index < -0.39 is 12.0 Å². The Morgan fingerprint density at radius 3 is 2.50 bits per heavy atom. The highest BCUT2D eigenvalue weighted by Crippen LogP contribution is 2.33. The lowest BCUT2D eigenvalue weighted by molar-refractivity contribution is -0.147. The second-order valence-electron chi connectivity index (χ2n) is 5.24. The summed E-state index contributed by atoms with van der Waals surface area (Å²) in [5.41, 5.74) is 0.893. The summed E-state index contributed by atoms with van der Waals surface area (Å²) in [6, 6.07) is -0.693. The van der Waals surface area contributed by atoms with Gasteiger partial charge in [0.25, 0.3) is 0 Å². The molecule has 0 bridgehead atoms. The number of thioether (sulfide) groups is 1. The van der Waals surface area contributed by atoms with E-state index in [1.165, 1.54) is 11.0 Å². The van der Waals surface area contributed by atoms with Crippen LogP contribution < -0.4 is 0 Å². The molecule has 102 valence electrons. The fourth-order valence-electron chi connectivity index (χ4n) is 1.96. The minimum absolute atomic E-state index is 0.0193. The summed E-state index contributed by atoms with van der Waals surface area (Å²) >= 11 is 1.57. The van der Waals surface area contributed by atoms with Crippen molar-refractivity contribution in [3.63, 3.8) is 0 Å². The molecule has 0 aliphatic carbocycles. The zero-order chi connectivity index (χ0) is 13.9. The van der Waals surface area contributed by atoms with Gasteiger partial charge in [0.2, 0.25) is 5.91 Å². The van der Waals surface area contributed by atoms with Crippen LogP contribution in [-0.4, -0.2) is 39.1 Å². The molecule has 2 atom stereocenters. The Balaban J connectivity index is 2.91. The Hall–Kier alpha value is -0.970. The Bertz CT molecular complexity index is 361. The van der Waals surface area contributed by atoms with Crippen LogP contribution in [0.15, 0.2) is 11.6 Å². The molecule has 0 aromatic carbocycles.